The van der Waals surface area contributed by atoms with Crippen molar-refractivity contribution in [3.8, 4) is 0 Å². The van der Waals surface area contributed by atoms with E-state index in [0.717, 1.165) is 35.3 Å². The van der Waals surface area contributed by atoms with E-state index in [-0.39, 0.29) is 12.0 Å². The van der Waals surface area contributed by atoms with Crippen LogP contribution in [-0.2, 0) is 11.3 Å². The Bertz CT molecular complexity index is 527. The molecule has 0 spiro atoms. The fourth-order valence-electron chi connectivity index (χ4n) is 2.49. The highest BCUT2D eigenvalue weighted by Crippen LogP contribution is 2.29. The molecule has 7 nitrogen and oxygen atoms in total. The summed E-state index contributed by atoms with van der Waals surface area (Å²) in [7, 11) is 1.75. The topological polar surface area (TPSA) is 79.8 Å². The summed E-state index contributed by atoms with van der Waals surface area (Å²) in [6.45, 7) is 4.58. The summed E-state index contributed by atoms with van der Waals surface area (Å²) in [5, 5.41) is 21.0. The van der Waals surface area contributed by atoms with Crippen molar-refractivity contribution in [1.82, 2.24) is 30.5 Å². The van der Waals surface area contributed by atoms with Gasteiger partial charge in [0.2, 0.25) is 0 Å². The number of ether oxygens (including phenoxy) is 1. The van der Waals surface area contributed by atoms with Crippen molar-refractivity contribution in [2.45, 2.75) is 25.5 Å². The molecule has 0 bridgehead atoms. The summed E-state index contributed by atoms with van der Waals surface area (Å²) in [5.41, 5.74) is 0.961. The number of hydrogen-bond donors (Lipinski definition) is 1. The van der Waals surface area contributed by atoms with Gasteiger partial charge in [-0.2, -0.15) is 15.4 Å². The van der Waals surface area contributed by atoms with Gasteiger partial charge in [0.1, 0.15) is 10.0 Å². The van der Waals surface area contributed by atoms with Crippen molar-refractivity contribution in [2.24, 2.45) is 0 Å². The lowest BCUT2D eigenvalue weighted by molar-refractivity contribution is 0.0957. The first kappa shape index (κ1) is 12.6. The summed E-state index contributed by atoms with van der Waals surface area (Å²) >= 11 is 1.64. The molecule has 0 amide bonds. The van der Waals surface area contributed by atoms with Crippen LogP contribution in [0.25, 0.3) is 0 Å². The third-order valence-corrected chi connectivity index (χ3v) is 4.21. The minimum absolute atomic E-state index is 0.152. The number of methoxy groups -OCH3 is 1. The molecule has 1 N–H and O–H groups in total. The van der Waals surface area contributed by atoms with E-state index in [4.69, 9.17) is 4.74 Å². The van der Waals surface area contributed by atoms with Crippen LogP contribution in [-0.4, -0.2) is 56.8 Å². The van der Waals surface area contributed by atoms with E-state index in [1.807, 2.05) is 6.92 Å². The number of H-pyrrole nitrogens is 1. The maximum Gasteiger partial charge on any atom is 0.131 e. The van der Waals surface area contributed by atoms with Crippen molar-refractivity contribution in [1.29, 1.82) is 0 Å². The number of aromatic nitrogens is 5. The van der Waals surface area contributed by atoms with Gasteiger partial charge in [-0.25, -0.2) is 0 Å². The Morgan fingerprint density at radius 2 is 2.37 bits per heavy atom. The van der Waals surface area contributed by atoms with Crippen LogP contribution in [0.4, 0.5) is 0 Å². The molecule has 1 aliphatic heterocycles. The Morgan fingerprint density at radius 1 is 1.47 bits per heavy atom. The van der Waals surface area contributed by atoms with Gasteiger partial charge in [0.15, 0.2) is 0 Å². The lowest BCUT2D eigenvalue weighted by Gasteiger charge is -2.13. The van der Waals surface area contributed by atoms with E-state index in [9.17, 15) is 0 Å². The predicted octanol–water partition coefficient (Wildman–Crippen LogP) is 0.579. The van der Waals surface area contributed by atoms with Gasteiger partial charge in [-0.05, 0) is 6.92 Å². The van der Waals surface area contributed by atoms with E-state index >= 15 is 0 Å². The second-order valence-electron chi connectivity index (χ2n) is 4.68. The minimum atomic E-state index is 0.152. The zero-order chi connectivity index (χ0) is 13.2. The lowest BCUT2D eigenvalue weighted by Crippen LogP contribution is -2.22. The Morgan fingerprint density at radius 3 is 3.00 bits per heavy atom. The average Bonchev–Trinajstić information content (AvgIpc) is 3.10. The zero-order valence-corrected chi connectivity index (χ0v) is 11.7. The van der Waals surface area contributed by atoms with Crippen molar-refractivity contribution < 1.29 is 4.74 Å². The highest BCUT2D eigenvalue weighted by atomic mass is 32.1. The molecule has 0 saturated carbocycles. The van der Waals surface area contributed by atoms with Crippen LogP contribution in [0.1, 0.15) is 21.6 Å². The summed E-state index contributed by atoms with van der Waals surface area (Å²) in [6, 6.07) is 0. The van der Waals surface area contributed by atoms with Gasteiger partial charge < -0.3 is 4.74 Å². The maximum absolute atomic E-state index is 5.56. The van der Waals surface area contributed by atoms with Gasteiger partial charge in [0.25, 0.3) is 0 Å². The van der Waals surface area contributed by atoms with E-state index in [0.29, 0.717) is 0 Å². The quantitative estimate of drug-likeness (QED) is 0.882. The van der Waals surface area contributed by atoms with E-state index in [2.05, 4.69) is 30.5 Å². The number of rotatable bonds is 4. The minimum Gasteiger partial charge on any atom is -0.379 e. The Kier molecular flexibility index (Phi) is 3.54. The number of aryl methyl sites for hydroxylation is 1. The van der Waals surface area contributed by atoms with Gasteiger partial charge in [-0.15, -0.1) is 21.5 Å². The molecule has 8 heteroatoms. The molecule has 3 heterocycles. The lowest BCUT2D eigenvalue weighted by atomic mass is 10.0. The van der Waals surface area contributed by atoms with Crippen LogP contribution in [0.15, 0.2) is 6.20 Å². The molecule has 0 unspecified atom stereocenters. The predicted molar refractivity (Wildman–Crippen MR) is 69.8 cm³/mol. The first-order chi connectivity index (χ1) is 9.26. The highest BCUT2D eigenvalue weighted by Gasteiger charge is 2.35. The molecule has 1 fully saturated rings. The molecule has 1 aliphatic rings. The number of likely N-dealkylation sites (tertiary alicyclic amines) is 1. The maximum atomic E-state index is 5.56. The molecule has 2 aromatic heterocycles. The van der Waals surface area contributed by atoms with E-state index < -0.39 is 0 Å². The summed E-state index contributed by atoms with van der Waals surface area (Å²) in [4.78, 5) is 2.33. The third kappa shape index (κ3) is 2.65. The Labute approximate surface area is 115 Å². The Hall–Kier alpha value is -1.38. The van der Waals surface area contributed by atoms with Crippen LogP contribution in [0, 0.1) is 6.92 Å². The molecular formula is C11H16N6OS. The average molecular weight is 280 g/mol. The van der Waals surface area contributed by atoms with E-state index in [1.165, 1.54) is 0 Å². The molecule has 0 aromatic carbocycles. The molecule has 2 atom stereocenters. The second kappa shape index (κ2) is 5.32. The van der Waals surface area contributed by atoms with Crippen LogP contribution in [0.5, 0.6) is 0 Å². The fourth-order valence-corrected chi connectivity index (χ4v) is 3.24. The van der Waals surface area contributed by atoms with Gasteiger partial charge in [0.05, 0.1) is 24.5 Å². The first-order valence-electron chi connectivity index (χ1n) is 6.16. The highest BCUT2D eigenvalue weighted by molar-refractivity contribution is 7.11. The van der Waals surface area contributed by atoms with Gasteiger partial charge in [-0.1, -0.05) is 0 Å². The SMILES string of the molecule is CO[C@@H]1CN(Cc2nnc(C)s2)C[C@H]1c1cn[nH]n1. The standard InChI is InChI=1S/C11H16N6OS/c1-7-13-15-11(19-7)6-17-4-8(10(5-17)18-2)9-3-12-16-14-9/h3,8,10H,4-6H2,1-2H3,(H,12,14,16)/t8-,10+/m0/s1. The molecule has 0 aliphatic carbocycles. The summed E-state index contributed by atoms with van der Waals surface area (Å²) < 4.78 is 5.56. The van der Waals surface area contributed by atoms with Crippen LogP contribution >= 0.6 is 11.3 Å². The van der Waals surface area contributed by atoms with Crippen molar-refractivity contribution in [3.63, 3.8) is 0 Å². The largest absolute Gasteiger partial charge is 0.379 e. The second-order valence-corrected chi connectivity index (χ2v) is 5.95. The van der Waals surface area contributed by atoms with Crippen LogP contribution in [0.2, 0.25) is 0 Å². The van der Waals surface area contributed by atoms with Gasteiger partial charge in [0, 0.05) is 26.1 Å². The van der Waals surface area contributed by atoms with Gasteiger partial charge in [-0.3, -0.25) is 4.90 Å². The molecule has 3 rings (SSSR count). The molecular weight excluding hydrogens is 264 g/mol. The summed E-state index contributed by atoms with van der Waals surface area (Å²) in [5.74, 6) is 0.262. The fraction of sp³-hybridized carbons (Fsp3) is 0.636. The molecule has 1 saturated heterocycles. The van der Waals surface area contributed by atoms with Crippen LogP contribution < -0.4 is 0 Å². The smallest absolute Gasteiger partial charge is 0.131 e. The first-order valence-corrected chi connectivity index (χ1v) is 6.97. The zero-order valence-electron chi connectivity index (χ0n) is 10.9. The molecule has 2 aromatic rings. The monoisotopic (exact) mass is 280 g/mol. The molecule has 102 valence electrons. The molecule has 19 heavy (non-hydrogen) atoms. The third-order valence-electron chi connectivity index (χ3n) is 3.38. The van der Waals surface area contributed by atoms with E-state index in [1.54, 1.807) is 24.6 Å². The van der Waals surface area contributed by atoms with Crippen molar-refractivity contribution in [3.05, 3.63) is 21.9 Å². The number of nitrogens with zero attached hydrogens (tertiary/aromatic N) is 5. The number of hydrogen-bond acceptors (Lipinski definition) is 7. The summed E-state index contributed by atoms with van der Waals surface area (Å²) in [6.07, 6.45) is 1.93. The molecule has 0 radical (unpaired) electrons. The Balaban J connectivity index is 1.69. The normalized spacial score (nSPS) is 24.1. The van der Waals surface area contributed by atoms with Gasteiger partial charge >= 0.3 is 0 Å². The number of aromatic amines is 1. The van der Waals surface area contributed by atoms with Crippen LogP contribution in [0.3, 0.4) is 0 Å². The number of nitrogens with one attached hydrogen (secondary N) is 1. The van der Waals surface area contributed by atoms with Crippen molar-refractivity contribution >= 4 is 11.3 Å². The van der Waals surface area contributed by atoms with Crippen molar-refractivity contribution in [2.75, 3.05) is 20.2 Å².